The second-order valence-electron chi connectivity index (χ2n) is 6.61. The molecular weight excluding hydrogens is 300 g/mol. The first kappa shape index (κ1) is 16.4. The normalized spacial score (nSPS) is 15.1. The van der Waals surface area contributed by atoms with Gasteiger partial charge in [0.1, 0.15) is 0 Å². The monoisotopic (exact) mass is 324 g/mol. The molecule has 1 saturated carbocycles. The maximum atomic E-state index is 12.3. The first-order valence-corrected chi connectivity index (χ1v) is 8.58. The van der Waals surface area contributed by atoms with Gasteiger partial charge in [-0.2, -0.15) is 0 Å². The minimum atomic E-state index is -0.191. The smallest absolute Gasteiger partial charge is 0.258 e. The van der Waals surface area contributed by atoms with Crippen LogP contribution >= 0.6 is 0 Å². The Morgan fingerprint density at radius 3 is 2.25 bits per heavy atom. The number of nitrogens with zero attached hydrogens (tertiary/aromatic N) is 2. The number of nitrogens with one attached hydrogen (secondary N) is 2. The zero-order chi connectivity index (χ0) is 16.9. The summed E-state index contributed by atoms with van der Waals surface area (Å²) in [6.07, 6.45) is 9.32. The molecular formula is C19H24N4O. The molecule has 126 valence electrons. The van der Waals surface area contributed by atoms with Gasteiger partial charge in [-0.15, -0.1) is 0 Å². The van der Waals surface area contributed by atoms with Crippen LogP contribution in [0.15, 0.2) is 30.6 Å². The summed E-state index contributed by atoms with van der Waals surface area (Å²) in [6, 6.07) is 6.42. The van der Waals surface area contributed by atoms with E-state index in [0.717, 1.165) is 29.7 Å². The number of anilines is 2. The average Bonchev–Trinajstić information content (AvgIpc) is 2.55. The Balaban J connectivity index is 1.62. The molecule has 1 amide bonds. The van der Waals surface area contributed by atoms with Crippen LogP contribution in [0.3, 0.4) is 0 Å². The van der Waals surface area contributed by atoms with E-state index in [-0.39, 0.29) is 5.91 Å². The Kier molecular flexibility index (Phi) is 5.08. The zero-order valence-electron chi connectivity index (χ0n) is 14.3. The lowest BCUT2D eigenvalue weighted by molar-refractivity contribution is 0.102. The van der Waals surface area contributed by atoms with Gasteiger partial charge in [0.25, 0.3) is 5.91 Å². The fourth-order valence-electron chi connectivity index (χ4n) is 3.20. The molecule has 1 aromatic heterocycles. The lowest BCUT2D eigenvalue weighted by Crippen LogP contribution is -2.23. The Labute approximate surface area is 142 Å². The van der Waals surface area contributed by atoms with Crippen molar-refractivity contribution in [3.05, 3.63) is 47.3 Å². The van der Waals surface area contributed by atoms with Crippen LogP contribution < -0.4 is 10.6 Å². The second kappa shape index (κ2) is 7.43. The van der Waals surface area contributed by atoms with E-state index in [1.54, 1.807) is 12.4 Å². The molecule has 1 fully saturated rings. The highest BCUT2D eigenvalue weighted by Crippen LogP contribution is 2.20. The zero-order valence-corrected chi connectivity index (χ0v) is 14.3. The molecule has 2 N–H and O–H groups in total. The van der Waals surface area contributed by atoms with Gasteiger partial charge in [0.15, 0.2) is 0 Å². The molecule has 1 heterocycles. The molecule has 0 atom stereocenters. The first-order chi connectivity index (χ1) is 11.6. The van der Waals surface area contributed by atoms with Crippen molar-refractivity contribution in [2.75, 3.05) is 10.6 Å². The van der Waals surface area contributed by atoms with E-state index in [1.165, 1.54) is 19.3 Å². The number of benzene rings is 1. The van der Waals surface area contributed by atoms with E-state index in [4.69, 9.17) is 0 Å². The summed E-state index contributed by atoms with van der Waals surface area (Å²) in [7, 11) is 0. The fraction of sp³-hybridized carbons (Fsp3) is 0.421. The minimum absolute atomic E-state index is 0.191. The molecule has 0 unspecified atom stereocenters. The number of hydrogen-bond donors (Lipinski definition) is 2. The second-order valence-corrected chi connectivity index (χ2v) is 6.61. The molecule has 0 bridgehead atoms. The summed E-state index contributed by atoms with van der Waals surface area (Å²) < 4.78 is 0. The number of carbonyl (C=O) groups is 1. The Hall–Kier alpha value is -2.43. The van der Waals surface area contributed by atoms with Crippen LogP contribution in [-0.2, 0) is 0 Å². The molecule has 5 heteroatoms. The SMILES string of the molecule is Cc1cc(C)cc(NC(=O)c2cnc(NC3CCCCC3)nc2)c1. The van der Waals surface area contributed by atoms with E-state index in [0.29, 0.717) is 17.6 Å². The Morgan fingerprint density at radius 1 is 1.00 bits per heavy atom. The van der Waals surface area contributed by atoms with Crippen molar-refractivity contribution in [1.29, 1.82) is 0 Å². The summed E-state index contributed by atoms with van der Waals surface area (Å²) in [4.78, 5) is 20.9. The van der Waals surface area contributed by atoms with Crippen LogP contribution in [0.25, 0.3) is 0 Å². The van der Waals surface area contributed by atoms with Crippen molar-refractivity contribution < 1.29 is 4.79 Å². The molecule has 1 aromatic carbocycles. The quantitative estimate of drug-likeness (QED) is 0.889. The standard InChI is InChI=1S/C19H24N4O/c1-13-8-14(2)10-17(9-13)22-18(24)15-11-20-19(21-12-15)23-16-6-4-3-5-7-16/h8-12,16H,3-7H2,1-2H3,(H,22,24)(H,20,21,23). The Bertz CT molecular complexity index is 686. The molecule has 5 nitrogen and oxygen atoms in total. The van der Waals surface area contributed by atoms with E-state index in [2.05, 4.69) is 26.7 Å². The first-order valence-electron chi connectivity index (χ1n) is 8.58. The number of carbonyl (C=O) groups excluding carboxylic acids is 1. The topological polar surface area (TPSA) is 66.9 Å². The van der Waals surface area contributed by atoms with Crippen LogP contribution in [0.1, 0.15) is 53.6 Å². The predicted molar refractivity (Wildman–Crippen MR) is 96.4 cm³/mol. The van der Waals surface area contributed by atoms with Gasteiger partial charge in [-0.05, 0) is 49.9 Å². The van der Waals surface area contributed by atoms with Crippen molar-refractivity contribution in [3.63, 3.8) is 0 Å². The van der Waals surface area contributed by atoms with Gasteiger partial charge in [0.05, 0.1) is 5.56 Å². The summed E-state index contributed by atoms with van der Waals surface area (Å²) in [6.45, 7) is 4.02. The third kappa shape index (κ3) is 4.31. The number of hydrogen-bond acceptors (Lipinski definition) is 4. The highest BCUT2D eigenvalue weighted by Gasteiger charge is 2.14. The van der Waals surface area contributed by atoms with Gasteiger partial charge < -0.3 is 10.6 Å². The summed E-state index contributed by atoms with van der Waals surface area (Å²) in [5.74, 6) is 0.411. The molecule has 0 radical (unpaired) electrons. The van der Waals surface area contributed by atoms with Gasteiger partial charge in [-0.1, -0.05) is 25.3 Å². The number of aryl methyl sites for hydroxylation is 2. The summed E-state index contributed by atoms with van der Waals surface area (Å²) >= 11 is 0. The van der Waals surface area contributed by atoms with Crippen LogP contribution in [0.2, 0.25) is 0 Å². The van der Waals surface area contributed by atoms with Gasteiger partial charge >= 0.3 is 0 Å². The molecule has 0 aliphatic heterocycles. The van der Waals surface area contributed by atoms with E-state index < -0.39 is 0 Å². The third-order valence-electron chi connectivity index (χ3n) is 4.33. The van der Waals surface area contributed by atoms with Crippen LogP contribution in [0, 0.1) is 13.8 Å². The molecule has 0 spiro atoms. The molecule has 0 saturated heterocycles. The number of amides is 1. The number of rotatable bonds is 4. The Morgan fingerprint density at radius 2 is 1.62 bits per heavy atom. The third-order valence-corrected chi connectivity index (χ3v) is 4.33. The van der Waals surface area contributed by atoms with Crippen LogP contribution in [-0.4, -0.2) is 21.9 Å². The summed E-state index contributed by atoms with van der Waals surface area (Å²) in [5, 5.41) is 6.26. The van der Waals surface area contributed by atoms with Crippen molar-refractivity contribution in [1.82, 2.24) is 9.97 Å². The van der Waals surface area contributed by atoms with Gasteiger partial charge in [0, 0.05) is 24.1 Å². The largest absolute Gasteiger partial charge is 0.351 e. The highest BCUT2D eigenvalue weighted by molar-refractivity contribution is 6.04. The van der Waals surface area contributed by atoms with Crippen molar-refractivity contribution >= 4 is 17.5 Å². The van der Waals surface area contributed by atoms with Gasteiger partial charge in [-0.3, -0.25) is 4.79 Å². The minimum Gasteiger partial charge on any atom is -0.351 e. The predicted octanol–water partition coefficient (Wildman–Crippen LogP) is 4.09. The maximum absolute atomic E-state index is 12.3. The molecule has 1 aliphatic carbocycles. The van der Waals surface area contributed by atoms with Crippen molar-refractivity contribution in [2.45, 2.75) is 52.0 Å². The molecule has 2 aromatic rings. The lowest BCUT2D eigenvalue weighted by Gasteiger charge is -2.22. The summed E-state index contributed by atoms with van der Waals surface area (Å²) in [5.41, 5.74) is 3.49. The maximum Gasteiger partial charge on any atom is 0.258 e. The van der Waals surface area contributed by atoms with E-state index in [9.17, 15) is 4.79 Å². The van der Waals surface area contributed by atoms with Gasteiger partial charge in [0.2, 0.25) is 5.95 Å². The lowest BCUT2D eigenvalue weighted by atomic mass is 9.96. The van der Waals surface area contributed by atoms with E-state index in [1.807, 2.05) is 26.0 Å². The van der Waals surface area contributed by atoms with Crippen LogP contribution in [0.5, 0.6) is 0 Å². The van der Waals surface area contributed by atoms with Crippen molar-refractivity contribution in [3.8, 4) is 0 Å². The van der Waals surface area contributed by atoms with E-state index >= 15 is 0 Å². The van der Waals surface area contributed by atoms with Crippen molar-refractivity contribution in [2.24, 2.45) is 0 Å². The fourth-order valence-corrected chi connectivity index (χ4v) is 3.20. The molecule has 1 aliphatic rings. The molecule has 3 rings (SSSR count). The number of aromatic nitrogens is 2. The average molecular weight is 324 g/mol. The van der Waals surface area contributed by atoms with Gasteiger partial charge in [-0.25, -0.2) is 9.97 Å². The molecule has 24 heavy (non-hydrogen) atoms. The van der Waals surface area contributed by atoms with Crippen LogP contribution in [0.4, 0.5) is 11.6 Å². The highest BCUT2D eigenvalue weighted by atomic mass is 16.1.